The summed E-state index contributed by atoms with van der Waals surface area (Å²) in [6, 6.07) is 15.6. The molecule has 0 saturated heterocycles. The maximum atomic E-state index is 3.59. The second-order valence-electron chi connectivity index (χ2n) is 5.22. The Hall–Kier alpha value is -1.08. The minimum absolute atomic E-state index is 0.606. The molecule has 2 aromatic carbocycles. The molecule has 0 saturated carbocycles. The quantitative estimate of drug-likeness (QED) is 0.649. The second kappa shape index (κ2) is 4.89. The molecule has 0 heterocycles. The smallest absolute Gasteiger partial charge is 0.0178 e. The molecule has 0 bridgehead atoms. The first-order chi connectivity index (χ1) is 8.74. The summed E-state index contributed by atoms with van der Waals surface area (Å²) in [5.74, 6) is 0.606. The van der Waals surface area contributed by atoms with Gasteiger partial charge in [0.25, 0.3) is 0 Å². The van der Waals surface area contributed by atoms with Crippen LogP contribution in [0.5, 0.6) is 0 Å². The van der Waals surface area contributed by atoms with E-state index in [2.05, 4.69) is 65.3 Å². The van der Waals surface area contributed by atoms with Gasteiger partial charge in [0.05, 0.1) is 0 Å². The molecule has 1 aliphatic carbocycles. The van der Waals surface area contributed by atoms with Crippen LogP contribution in [0.15, 0.2) is 46.9 Å². The van der Waals surface area contributed by atoms with Gasteiger partial charge < -0.3 is 0 Å². The molecule has 2 aromatic rings. The lowest BCUT2D eigenvalue weighted by molar-refractivity contribution is 0.716. The highest BCUT2D eigenvalue weighted by Gasteiger charge is 2.16. The van der Waals surface area contributed by atoms with Gasteiger partial charge in [-0.2, -0.15) is 0 Å². The van der Waals surface area contributed by atoms with Gasteiger partial charge in [-0.05, 0) is 59.6 Å². The Morgan fingerprint density at radius 1 is 0.944 bits per heavy atom. The lowest BCUT2D eigenvalue weighted by atomic mass is 9.83. The number of halogens is 1. The summed E-state index contributed by atoms with van der Waals surface area (Å²) in [5, 5.41) is 0. The predicted octanol–water partition coefficient (Wildman–Crippen LogP) is 4.89. The Labute approximate surface area is 117 Å². The SMILES string of the molecule is CC1Cc2cc(Br)ccc2CCc2ccccc21. The maximum absolute atomic E-state index is 3.59. The maximum Gasteiger partial charge on any atom is 0.0178 e. The fraction of sp³-hybridized carbons (Fsp3) is 0.294. The average molecular weight is 301 g/mol. The van der Waals surface area contributed by atoms with Crippen molar-refractivity contribution >= 4 is 15.9 Å². The van der Waals surface area contributed by atoms with Crippen LogP contribution in [0.25, 0.3) is 0 Å². The highest BCUT2D eigenvalue weighted by atomic mass is 79.9. The molecule has 3 rings (SSSR count). The Bertz CT molecular complexity index is 572. The van der Waals surface area contributed by atoms with Gasteiger partial charge in [0.15, 0.2) is 0 Å². The van der Waals surface area contributed by atoms with Crippen molar-refractivity contribution in [3.63, 3.8) is 0 Å². The lowest BCUT2D eigenvalue weighted by Gasteiger charge is -2.22. The van der Waals surface area contributed by atoms with Gasteiger partial charge in [-0.1, -0.05) is 53.2 Å². The van der Waals surface area contributed by atoms with Gasteiger partial charge in [-0.25, -0.2) is 0 Å². The molecule has 0 N–H and O–H groups in total. The third kappa shape index (κ3) is 2.24. The van der Waals surface area contributed by atoms with Crippen molar-refractivity contribution in [1.29, 1.82) is 0 Å². The summed E-state index contributed by atoms with van der Waals surface area (Å²) in [7, 11) is 0. The van der Waals surface area contributed by atoms with E-state index in [-0.39, 0.29) is 0 Å². The monoisotopic (exact) mass is 300 g/mol. The molecule has 1 unspecified atom stereocenters. The van der Waals surface area contributed by atoms with E-state index in [1.54, 1.807) is 0 Å². The van der Waals surface area contributed by atoms with Crippen LogP contribution in [0.3, 0.4) is 0 Å². The summed E-state index contributed by atoms with van der Waals surface area (Å²) in [4.78, 5) is 0. The predicted molar refractivity (Wildman–Crippen MR) is 80.1 cm³/mol. The molecule has 1 heteroatoms. The molecule has 92 valence electrons. The Kier molecular flexibility index (Phi) is 3.25. The molecule has 0 radical (unpaired) electrons. The van der Waals surface area contributed by atoms with Crippen LogP contribution in [0, 0.1) is 0 Å². The Morgan fingerprint density at radius 2 is 1.72 bits per heavy atom. The van der Waals surface area contributed by atoms with Crippen LogP contribution in [0.2, 0.25) is 0 Å². The van der Waals surface area contributed by atoms with Gasteiger partial charge in [-0.15, -0.1) is 0 Å². The van der Waals surface area contributed by atoms with E-state index in [0.29, 0.717) is 5.92 Å². The molecule has 0 spiro atoms. The fourth-order valence-electron chi connectivity index (χ4n) is 2.98. The zero-order chi connectivity index (χ0) is 12.5. The van der Waals surface area contributed by atoms with Crippen molar-refractivity contribution in [3.05, 3.63) is 69.2 Å². The number of aryl methyl sites for hydroxylation is 2. The number of hydrogen-bond acceptors (Lipinski definition) is 0. The summed E-state index contributed by atoms with van der Waals surface area (Å²) >= 11 is 3.59. The van der Waals surface area contributed by atoms with E-state index < -0.39 is 0 Å². The van der Waals surface area contributed by atoms with Crippen LogP contribution < -0.4 is 0 Å². The minimum Gasteiger partial charge on any atom is -0.0620 e. The first-order valence-electron chi connectivity index (χ1n) is 6.59. The van der Waals surface area contributed by atoms with Crippen LogP contribution >= 0.6 is 15.9 Å². The second-order valence-corrected chi connectivity index (χ2v) is 6.13. The molecule has 0 amide bonds. The van der Waals surface area contributed by atoms with Crippen molar-refractivity contribution in [3.8, 4) is 0 Å². The topological polar surface area (TPSA) is 0 Å². The molecular formula is C17H17Br. The van der Waals surface area contributed by atoms with Crippen molar-refractivity contribution < 1.29 is 0 Å². The van der Waals surface area contributed by atoms with Crippen molar-refractivity contribution in [2.45, 2.75) is 32.1 Å². The van der Waals surface area contributed by atoms with Crippen LogP contribution in [0.4, 0.5) is 0 Å². The van der Waals surface area contributed by atoms with Crippen LogP contribution in [-0.2, 0) is 19.3 Å². The van der Waals surface area contributed by atoms with E-state index in [0.717, 1.165) is 19.3 Å². The van der Waals surface area contributed by atoms with Gasteiger partial charge in [0.2, 0.25) is 0 Å². The molecular weight excluding hydrogens is 284 g/mol. The fourth-order valence-corrected chi connectivity index (χ4v) is 3.39. The first kappa shape index (κ1) is 12.0. The Morgan fingerprint density at radius 3 is 2.61 bits per heavy atom. The minimum atomic E-state index is 0.606. The standard InChI is InChI=1S/C17H17Br/c1-12-10-15-11-16(18)9-8-13(15)6-7-14-4-2-3-5-17(12)14/h2-5,8-9,11-12H,6-7,10H2,1H3. The van der Waals surface area contributed by atoms with Crippen molar-refractivity contribution in [2.24, 2.45) is 0 Å². The van der Waals surface area contributed by atoms with Crippen molar-refractivity contribution in [2.75, 3.05) is 0 Å². The van der Waals surface area contributed by atoms with E-state index in [9.17, 15) is 0 Å². The number of rotatable bonds is 0. The Balaban J connectivity index is 2.03. The molecule has 0 aliphatic heterocycles. The van der Waals surface area contributed by atoms with Crippen LogP contribution in [-0.4, -0.2) is 0 Å². The number of hydrogen-bond donors (Lipinski definition) is 0. The van der Waals surface area contributed by atoms with Crippen molar-refractivity contribution in [1.82, 2.24) is 0 Å². The average Bonchev–Trinajstić information content (AvgIpc) is 2.36. The van der Waals surface area contributed by atoms with E-state index >= 15 is 0 Å². The van der Waals surface area contributed by atoms with Gasteiger partial charge in [0, 0.05) is 4.47 Å². The summed E-state index contributed by atoms with van der Waals surface area (Å²) < 4.78 is 1.20. The zero-order valence-electron chi connectivity index (χ0n) is 10.6. The normalized spacial score (nSPS) is 18.4. The third-order valence-corrected chi connectivity index (χ3v) is 4.44. The summed E-state index contributed by atoms with van der Waals surface area (Å²) in [6.45, 7) is 2.34. The summed E-state index contributed by atoms with van der Waals surface area (Å²) in [6.07, 6.45) is 3.47. The number of fused-ring (bicyclic) bond motifs is 2. The highest BCUT2D eigenvalue weighted by Crippen LogP contribution is 2.30. The molecule has 0 nitrogen and oxygen atoms in total. The number of benzene rings is 2. The zero-order valence-corrected chi connectivity index (χ0v) is 12.2. The first-order valence-corrected chi connectivity index (χ1v) is 7.38. The van der Waals surface area contributed by atoms with Gasteiger partial charge >= 0.3 is 0 Å². The molecule has 1 atom stereocenters. The molecule has 18 heavy (non-hydrogen) atoms. The molecule has 0 aromatic heterocycles. The third-order valence-electron chi connectivity index (χ3n) is 3.94. The lowest BCUT2D eigenvalue weighted by Crippen LogP contribution is -2.10. The van der Waals surface area contributed by atoms with E-state index in [1.807, 2.05) is 0 Å². The van der Waals surface area contributed by atoms with Crippen LogP contribution in [0.1, 0.15) is 35.1 Å². The van der Waals surface area contributed by atoms with Gasteiger partial charge in [0.1, 0.15) is 0 Å². The summed E-state index contributed by atoms with van der Waals surface area (Å²) in [5.41, 5.74) is 6.08. The molecule has 0 fully saturated rings. The van der Waals surface area contributed by atoms with E-state index in [4.69, 9.17) is 0 Å². The van der Waals surface area contributed by atoms with Gasteiger partial charge in [-0.3, -0.25) is 0 Å². The largest absolute Gasteiger partial charge is 0.0620 e. The highest BCUT2D eigenvalue weighted by molar-refractivity contribution is 9.10. The molecule has 1 aliphatic rings. The van der Waals surface area contributed by atoms with E-state index in [1.165, 1.54) is 26.7 Å².